The molecule has 106 valence electrons. The summed E-state index contributed by atoms with van der Waals surface area (Å²) in [6, 6.07) is 0.943. The highest BCUT2D eigenvalue weighted by Crippen LogP contribution is 2.30. The van der Waals surface area contributed by atoms with Gasteiger partial charge in [0.2, 0.25) is 5.82 Å². The number of anilines is 1. The van der Waals surface area contributed by atoms with Gasteiger partial charge in [0.25, 0.3) is 0 Å². The van der Waals surface area contributed by atoms with Crippen LogP contribution in [0.2, 0.25) is 0 Å². The van der Waals surface area contributed by atoms with Crippen LogP contribution in [0.25, 0.3) is 0 Å². The average molecular weight is 292 g/mol. The third kappa shape index (κ3) is 3.77. The second-order valence-electron chi connectivity index (χ2n) is 3.93. The van der Waals surface area contributed by atoms with Crippen molar-refractivity contribution < 1.29 is 18.8 Å². The van der Waals surface area contributed by atoms with Crippen LogP contribution < -0.4 is 5.32 Å². The van der Waals surface area contributed by atoms with E-state index in [2.05, 4.69) is 5.32 Å². The van der Waals surface area contributed by atoms with E-state index in [0.717, 1.165) is 6.07 Å². The van der Waals surface area contributed by atoms with Crippen LogP contribution in [-0.2, 0) is 0 Å². The lowest BCUT2D eigenvalue weighted by Crippen LogP contribution is -2.31. The zero-order valence-electron chi connectivity index (χ0n) is 10.4. The van der Waals surface area contributed by atoms with Crippen molar-refractivity contribution in [1.82, 2.24) is 0 Å². The van der Waals surface area contributed by atoms with Crippen LogP contribution in [0, 0.1) is 21.7 Å². The molecule has 0 spiro atoms. The van der Waals surface area contributed by atoms with E-state index in [9.17, 15) is 18.9 Å². The Balaban J connectivity index is 3.09. The van der Waals surface area contributed by atoms with Crippen LogP contribution in [0.4, 0.5) is 20.2 Å². The maximum atomic E-state index is 13.4. The SMILES string of the molecule is CSC(CO)C(C)Nc1cc(F)cc(F)c1[N+](=O)[O-]. The average Bonchev–Trinajstić information content (AvgIpc) is 2.28. The van der Waals surface area contributed by atoms with Crippen LogP contribution in [0.1, 0.15) is 6.92 Å². The minimum Gasteiger partial charge on any atom is -0.395 e. The Labute approximate surface area is 113 Å². The number of thioether (sulfide) groups is 1. The minimum absolute atomic E-state index is 0.152. The van der Waals surface area contributed by atoms with Gasteiger partial charge in [-0.3, -0.25) is 10.1 Å². The molecule has 0 radical (unpaired) electrons. The summed E-state index contributed by atoms with van der Waals surface area (Å²) in [5.41, 5.74) is -1.03. The van der Waals surface area contributed by atoms with Crippen molar-refractivity contribution in [1.29, 1.82) is 0 Å². The molecular weight excluding hydrogens is 278 g/mol. The molecule has 1 aromatic carbocycles. The number of rotatable bonds is 6. The van der Waals surface area contributed by atoms with E-state index in [4.69, 9.17) is 5.11 Å². The second kappa shape index (κ2) is 6.67. The van der Waals surface area contributed by atoms with Crippen molar-refractivity contribution in [2.45, 2.75) is 18.2 Å². The van der Waals surface area contributed by atoms with Crippen LogP contribution in [0.15, 0.2) is 12.1 Å². The molecule has 2 N–H and O–H groups in total. The van der Waals surface area contributed by atoms with Crippen molar-refractivity contribution in [3.05, 3.63) is 33.9 Å². The van der Waals surface area contributed by atoms with Gasteiger partial charge in [-0.2, -0.15) is 16.2 Å². The van der Waals surface area contributed by atoms with Crippen LogP contribution in [-0.4, -0.2) is 34.2 Å². The van der Waals surface area contributed by atoms with E-state index in [1.165, 1.54) is 11.8 Å². The molecule has 2 atom stereocenters. The van der Waals surface area contributed by atoms with E-state index in [-0.39, 0.29) is 23.6 Å². The Morgan fingerprint density at radius 2 is 2.16 bits per heavy atom. The summed E-state index contributed by atoms with van der Waals surface area (Å²) < 4.78 is 26.5. The molecule has 2 unspecified atom stereocenters. The van der Waals surface area contributed by atoms with Gasteiger partial charge in [-0.25, -0.2) is 4.39 Å². The largest absolute Gasteiger partial charge is 0.395 e. The summed E-state index contributed by atoms with van der Waals surface area (Å²) in [5, 5.41) is 22.3. The Morgan fingerprint density at radius 1 is 1.53 bits per heavy atom. The van der Waals surface area contributed by atoms with Gasteiger partial charge in [-0.15, -0.1) is 0 Å². The first-order valence-corrected chi connectivity index (χ1v) is 6.73. The molecule has 0 aliphatic carbocycles. The molecule has 0 amide bonds. The highest BCUT2D eigenvalue weighted by Gasteiger charge is 2.25. The van der Waals surface area contributed by atoms with E-state index in [0.29, 0.717) is 6.07 Å². The summed E-state index contributed by atoms with van der Waals surface area (Å²) in [6.07, 6.45) is 1.76. The fourth-order valence-electron chi connectivity index (χ4n) is 1.64. The predicted octanol–water partition coefficient (Wildman–Crippen LogP) is 2.40. The number of nitro benzene ring substituents is 1. The van der Waals surface area contributed by atoms with Gasteiger partial charge < -0.3 is 10.4 Å². The molecular formula is C11H14F2N2O3S. The molecule has 5 nitrogen and oxygen atoms in total. The molecule has 0 bridgehead atoms. The molecule has 0 fully saturated rings. The van der Waals surface area contributed by atoms with Crippen LogP contribution >= 0.6 is 11.8 Å². The summed E-state index contributed by atoms with van der Waals surface area (Å²) in [5.74, 6) is -2.13. The highest BCUT2D eigenvalue weighted by atomic mass is 32.2. The lowest BCUT2D eigenvalue weighted by molar-refractivity contribution is -0.386. The zero-order valence-corrected chi connectivity index (χ0v) is 11.2. The number of hydrogen-bond acceptors (Lipinski definition) is 5. The van der Waals surface area contributed by atoms with Gasteiger partial charge in [-0.1, -0.05) is 0 Å². The van der Waals surface area contributed by atoms with Gasteiger partial charge in [-0.05, 0) is 13.2 Å². The summed E-state index contributed by atoms with van der Waals surface area (Å²) >= 11 is 1.35. The number of benzene rings is 1. The molecule has 0 saturated carbocycles. The van der Waals surface area contributed by atoms with Gasteiger partial charge in [0.15, 0.2) is 0 Å². The lowest BCUT2D eigenvalue weighted by Gasteiger charge is -2.22. The number of nitrogens with one attached hydrogen (secondary N) is 1. The fraction of sp³-hybridized carbons (Fsp3) is 0.455. The van der Waals surface area contributed by atoms with Crippen LogP contribution in [0.5, 0.6) is 0 Å². The predicted molar refractivity (Wildman–Crippen MR) is 70.5 cm³/mol. The van der Waals surface area contributed by atoms with Gasteiger partial charge in [0, 0.05) is 23.4 Å². The molecule has 19 heavy (non-hydrogen) atoms. The first-order chi connectivity index (χ1) is 8.90. The van der Waals surface area contributed by atoms with Gasteiger partial charge >= 0.3 is 5.69 Å². The second-order valence-corrected chi connectivity index (χ2v) is 5.01. The monoisotopic (exact) mass is 292 g/mol. The number of aliphatic hydroxyl groups excluding tert-OH is 1. The maximum absolute atomic E-state index is 13.4. The van der Waals surface area contributed by atoms with Crippen molar-refractivity contribution >= 4 is 23.1 Å². The van der Waals surface area contributed by atoms with E-state index in [1.807, 2.05) is 0 Å². The van der Waals surface area contributed by atoms with Gasteiger partial charge in [0.05, 0.1) is 11.5 Å². The highest BCUT2D eigenvalue weighted by molar-refractivity contribution is 7.99. The smallest absolute Gasteiger partial charge is 0.327 e. The van der Waals surface area contributed by atoms with E-state index >= 15 is 0 Å². The molecule has 0 aliphatic rings. The van der Waals surface area contributed by atoms with Crippen molar-refractivity contribution in [3.63, 3.8) is 0 Å². The number of nitrogens with zero attached hydrogens (tertiary/aromatic N) is 1. The first-order valence-electron chi connectivity index (χ1n) is 5.44. The standard InChI is InChI=1S/C11H14F2N2O3S/c1-6(10(5-16)19-2)14-9-4-7(12)3-8(13)11(9)15(17)18/h3-4,6,10,14,16H,5H2,1-2H3. The summed E-state index contributed by atoms with van der Waals surface area (Å²) in [4.78, 5) is 9.89. The quantitative estimate of drug-likeness (QED) is 0.622. The third-order valence-electron chi connectivity index (χ3n) is 2.63. The summed E-state index contributed by atoms with van der Waals surface area (Å²) in [7, 11) is 0. The Bertz CT molecular complexity index is 469. The van der Waals surface area contributed by atoms with Crippen molar-refractivity contribution in [2.75, 3.05) is 18.2 Å². The molecule has 1 rings (SSSR count). The minimum atomic E-state index is -1.23. The molecule has 0 aliphatic heterocycles. The molecule has 1 aromatic rings. The molecule has 0 aromatic heterocycles. The topological polar surface area (TPSA) is 75.4 Å². The maximum Gasteiger partial charge on any atom is 0.327 e. The van der Waals surface area contributed by atoms with E-state index < -0.39 is 22.2 Å². The third-order valence-corrected chi connectivity index (χ3v) is 3.80. The van der Waals surface area contributed by atoms with Crippen LogP contribution in [0.3, 0.4) is 0 Å². The molecule has 0 saturated heterocycles. The van der Waals surface area contributed by atoms with Crippen molar-refractivity contribution in [3.8, 4) is 0 Å². The number of aliphatic hydroxyl groups is 1. The first kappa shape index (κ1) is 15.6. The van der Waals surface area contributed by atoms with Crippen molar-refractivity contribution in [2.24, 2.45) is 0 Å². The number of nitro groups is 1. The number of halogens is 2. The lowest BCUT2D eigenvalue weighted by atomic mass is 10.2. The number of hydrogen-bond donors (Lipinski definition) is 2. The Hall–Kier alpha value is -1.41. The molecule has 8 heteroatoms. The van der Waals surface area contributed by atoms with E-state index in [1.54, 1.807) is 13.2 Å². The Kier molecular flexibility index (Phi) is 5.49. The molecule has 0 heterocycles. The van der Waals surface area contributed by atoms with Gasteiger partial charge in [0.1, 0.15) is 11.5 Å². The summed E-state index contributed by atoms with van der Waals surface area (Å²) in [6.45, 7) is 1.52. The fourth-order valence-corrected chi connectivity index (χ4v) is 2.26. The Morgan fingerprint density at radius 3 is 2.63 bits per heavy atom. The normalized spacial score (nSPS) is 13.9. The zero-order chi connectivity index (χ0) is 14.6.